The van der Waals surface area contributed by atoms with Crippen molar-refractivity contribution in [3.63, 3.8) is 0 Å². The number of hydrogen-bond donors (Lipinski definition) is 1. The van der Waals surface area contributed by atoms with E-state index in [1.54, 1.807) is 60.7 Å². The van der Waals surface area contributed by atoms with E-state index in [1.807, 2.05) is 43.3 Å². The second kappa shape index (κ2) is 15.4. The molecule has 0 aliphatic heterocycles. The number of benzene rings is 4. The summed E-state index contributed by atoms with van der Waals surface area (Å²) in [5, 5.41) is 3.42. The summed E-state index contributed by atoms with van der Waals surface area (Å²) in [6.45, 7) is 1.86. The number of ether oxygens (including phenoxy) is 1. The SMILES string of the molecule is CCCNC(=O)[C@@H](Cc1ccccc1)N(Cc1cccc(Cl)c1)C(=O)CN(c1cccc(OC)c1)S(=O)(=O)c1ccccc1. The number of amides is 2. The number of carbonyl (C=O) groups excluding carboxylic acids is 2. The first-order chi connectivity index (χ1) is 21.2. The van der Waals surface area contributed by atoms with Gasteiger partial charge in [0.05, 0.1) is 17.7 Å². The lowest BCUT2D eigenvalue weighted by Gasteiger charge is -2.34. The lowest BCUT2D eigenvalue weighted by atomic mass is 10.0. The van der Waals surface area contributed by atoms with Crippen molar-refractivity contribution in [2.45, 2.75) is 37.2 Å². The van der Waals surface area contributed by atoms with Crippen LogP contribution < -0.4 is 14.4 Å². The van der Waals surface area contributed by atoms with Gasteiger partial charge in [-0.15, -0.1) is 0 Å². The Morgan fingerprint density at radius 1 is 0.864 bits per heavy atom. The first-order valence-electron chi connectivity index (χ1n) is 14.3. The van der Waals surface area contributed by atoms with Crippen LogP contribution in [-0.4, -0.2) is 51.4 Å². The van der Waals surface area contributed by atoms with Gasteiger partial charge in [-0.3, -0.25) is 13.9 Å². The molecule has 230 valence electrons. The molecule has 0 aliphatic rings. The van der Waals surface area contributed by atoms with Gasteiger partial charge in [-0.05, 0) is 53.9 Å². The molecule has 0 saturated heterocycles. The molecular weight excluding hydrogens is 598 g/mol. The zero-order valence-corrected chi connectivity index (χ0v) is 26.3. The molecule has 10 heteroatoms. The molecule has 8 nitrogen and oxygen atoms in total. The van der Waals surface area contributed by atoms with Crippen molar-refractivity contribution in [1.82, 2.24) is 10.2 Å². The van der Waals surface area contributed by atoms with E-state index in [1.165, 1.54) is 24.1 Å². The van der Waals surface area contributed by atoms with E-state index < -0.39 is 28.5 Å². The molecule has 0 fully saturated rings. The van der Waals surface area contributed by atoms with Crippen molar-refractivity contribution >= 4 is 39.1 Å². The summed E-state index contributed by atoms with van der Waals surface area (Å²) < 4.78 is 34.5. The number of rotatable bonds is 14. The number of anilines is 1. The van der Waals surface area contributed by atoms with Crippen LogP contribution in [0.5, 0.6) is 5.75 Å². The van der Waals surface area contributed by atoms with Crippen molar-refractivity contribution in [3.8, 4) is 5.75 Å². The largest absolute Gasteiger partial charge is 0.497 e. The van der Waals surface area contributed by atoms with Gasteiger partial charge in [0.2, 0.25) is 11.8 Å². The van der Waals surface area contributed by atoms with Gasteiger partial charge in [-0.25, -0.2) is 8.42 Å². The van der Waals surface area contributed by atoms with Crippen LogP contribution in [0.4, 0.5) is 5.69 Å². The van der Waals surface area contributed by atoms with Crippen LogP contribution in [0, 0.1) is 0 Å². The maximum Gasteiger partial charge on any atom is 0.264 e. The van der Waals surface area contributed by atoms with Gasteiger partial charge < -0.3 is 15.0 Å². The summed E-state index contributed by atoms with van der Waals surface area (Å²) in [6, 6.07) is 30.0. The quantitative estimate of drug-likeness (QED) is 0.192. The average Bonchev–Trinajstić information content (AvgIpc) is 3.04. The normalized spacial score (nSPS) is 11.8. The molecule has 0 aromatic heterocycles. The highest BCUT2D eigenvalue weighted by Gasteiger charge is 2.34. The highest BCUT2D eigenvalue weighted by atomic mass is 35.5. The molecule has 44 heavy (non-hydrogen) atoms. The fourth-order valence-electron chi connectivity index (χ4n) is 4.77. The van der Waals surface area contributed by atoms with Crippen LogP contribution in [0.25, 0.3) is 0 Å². The lowest BCUT2D eigenvalue weighted by molar-refractivity contribution is -0.140. The van der Waals surface area contributed by atoms with E-state index in [9.17, 15) is 18.0 Å². The summed E-state index contributed by atoms with van der Waals surface area (Å²) in [6.07, 6.45) is 0.943. The molecule has 0 heterocycles. The zero-order valence-electron chi connectivity index (χ0n) is 24.7. The molecule has 0 aliphatic carbocycles. The Kier molecular flexibility index (Phi) is 11.4. The topological polar surface area (TPSA) is 96.0 Å². The lowest BCUT2D eigenvalue weighted by Crippen LogP contribution is -2.53. The molecular formula is C34H36ClN3O5S. The van der Waals surface area contributed by atoms with E-state index in [0.29, 0.717) is 29.3 Å². The van der Waals surface area contributed by atoms with Gasteiger partial charge in [0.25, 0.3) is 10.0 Å². The van der Waals surface area contributed by atoms with Crippen LogP contribution in [0.3, 0.4) is 0 Å². The highest BCUT2D eigenvalue weighted by molar-refractivity contribution is 7.92. The van der Waals surface area contributed by atoms with E-state index in [-0.39, 0.29) is 29.5 Å². The second-order valence-corrected chi connectivity index (χ2v) is 12.5. The summed E-state index contributed by atoms with van der Waals surface area (Å²) >= 11 is 6.29. The Balaban J connectivity index is 1.80. The van der Waals surface area contributed by atoms with Crippen molar-refractivity contribution in [2.75, 3.05) is 24.5 Å². The number of methoxy groups -OCH3 is 1. The average molecular weight is 634 g/mol. The molecule has 0 saturated carbocycles. The smallest absolute Gasteiger partial charge is 0.264 e. The van der Waals surface area contributed by atoms with Crippen molar-refractivity contribution in [1.29, 1.82) is 0 Å². The molecule has 0 bridgehead atoms. The van der Waals surface area contributed by atoms with Gasteiger partial charge >= 0.3 is 0 Å². The highest BCUT2D eigenvalue weighted by Crippen LogP contribution is 2.28. The van der Waals surface area contributed by atoms with E-state index in [0.717, 1.165) is 9.87 Å². The van der Waals surface area contributed by atoms with Crippen LogP contribution in [0.1, 0.15) is 24.5 Å². The van der Waals surface area contributed by atoms with Crippen LogP contribution in [0.2, 0.25) is 5.02 Å². The Hall–Kier alpha value is -4.34. The third kappa shape index (κ3) is 8.39. The predicted molar refractivity (Wildman–Crippen MR) is 173 cm³/mol. The van der Waals surface area contributed by atoms with Gasteiger partial charge in [0.1, 0.15) is 18.3 Å². The Bertz CT molecular complexity index is 1650. The number of sulfonamides is 1. The molecule has 4 aromatic carbocycles. The minimum absolute atomic E-state index is 0.0264. The Morgan fingerprint density at radius 3 is 2.18 bits per heavy atom. The number of hydrogen-bond acceptors (Lipinski definition) is 5. The predicted octanol–water partition coefficient (Wildman–Crippen LogP) is 5.71. The molecule has 2 amide bonds. The first kappa shape index (κ1) is 32.6. The van der Waals surface area contributed by atoms with Gasteiger partial charge in [-0.2, -0.15) is 0 Å². The van der Waals surface area contributed by atoms with Gasteiger partial charge in [-0.1, -0.05) is 85.3 Å². The molecule has 4 rings (SSSR count). The fraction of sp³-hybridized carbons (Fsp3) is 0.235. The number of halogens is 1. The maximum absolute atomic E-state index is 14.4. The molecule has 0 unspecified atom stereocenters. The number of nitrogens with one attached hydrogen (secondary N) is 1. The molecule has 1 N–H and O–H groups in total. The van der Waals surface area contributed by atoms with Crippen molar-refractivity contribution < 1.29 is 22.7 Å². The summed E-state index contributed by atoms with van der Waals surface area (Å²) in [7, 11) is -2.72. The van der Waals surface area contributed by atoms with E-state index >= 15 is 0 Å². The standard InChI is InChI=1S/C34H36ClN3O5S/c1-3-20-36-34(40)32(22-26-12-6-4-7-13-26)37(24-27-14-10-15-28(35)21-27)33(39)25-38(29-16-11-17-30(23-29)43-2)44(41,42)31-18-8-5-9-19-31/h4-19,21,23,32H,3,20,22,24-25H2,1-2H3,(H,36,40)/t32-/m1/s1. The van der Waals surface area contributed by atoms with Crippen LogP contribution in [0.15, 0.2) is 114 Å². The fourth-order valence-corrected chi connectivity index (χ4v) is 6.41. The van der Waals surface area contributed by atoms with E-state index in [4.69, 9.17) is 16.3 Å². The Labute approximate surface area is 264 Å². The summed E-state index contributed by atoms with van der Waals surface area (Å²) in [4.78, 5) is 29.6. The number of nitrogens with zero attached hydrogens (tertiary/aromatic N) is 2. The maximum atomic E-state index is 14.4. The van der Waals surface area contributed by atoms with Crippen molar-refractivity contribution in [2.24, 2.45) is 0 Å². The monoisotopic (exact) mass is 633 g/mol. The molecule has 4 aromatic rings. The first-order valence-corrected chi connectivity index (χ1v) is 16.1. The summed E-state index contributed by atoms with van der Waals surface area (Å²) in [5.41, 5.74) is 1.81. The van der Waals surface area contributed by atoms with Crippen molar-refractivity contribution in [3.05, 3.63) is 125 Å². The molecule has 0 spiro atoms. The third-order valence-corrected chi connectivity index (χ3v) is 9.04. The minimum atomic E-state index is -4.20. The Morgan fingerprint density at radius 2 is 1.52 bits per heavy atom. The third-order valence-electron chi connectivity index (χ3n) is 7.01. The van der Waals surface area contributed by atoms with Gasteiger partial charge in [0, 0.05) is 30.6 Å². The van der Waals surface area contributed by atoms with Gasteiger partial charge in [0.15, 0.2) is 0 Å². The van der Waals surface area contributed by atoms with Crippen LogP contribution >= 0.6 is 11.6 Å². The van der Waals surface area contributed by atoms with E-state index in [2.05, 4.69) is 5.32 Å². The zero-order chi connectivity index (χ0) is 31.5. The second-order valence-electron chi connectivity index (χ2n) is 10.2. The summed E-state index contributed by atoms with van der Waals surface area (Å²) in [5.74, 6) is -0.454. The molecule has 1 atom stereocenters. The minimum Gasteiger partial charge on any atom is -0.497 e. The van der Waals surface area contributed by atoms with Crippen LogP contribution in [-0.2, 0) is 32.6 Å². The number of carbonyl (C=O) groups is 2. The molecule has 0 radical (unpaired) electrons.